The molecular weight excluding hydrogens is 146 g/mol. The predicted octanol–water partition coefficient (Wildman–Crippen LogP) is 0.199. The summed E-state index contributed by atoms with van der Waals surface area (Å²) < 4.78 is 9.01. The van der Waals surface area contributed by atoms with Crippen molar-refractivity contribution in [2.45, 2.75) is 0 Å². The molecule has 0 saturated carbocycles. The highest BCUT2D eigenvalue weighted by molar-refractivity contribution is 5.88. The van der Waals surface area contributed by atoms with Crippen LogP contribution in [0.2, 0.25) is 0 Å². The van der Waals surface area contributed by atoms with Gasteiger partial charge in [0.1, 0.15) is 0 Å². The fraction of sp³-hybridized carbons (Fsp3) is 0.143. The van der Waals surface area contributed by atoms with Gasteiger partial charge in [-0.15, -0.1) is 0 Å². The van der Waals surface area contributed by atoms with Gasteiger partial charge in [-0.3, -0.25) is 0 Å². The lowest BCUT2D eigenvalue weighted by Gasteiger charge is -1.82. The van der Waals surface area contributed by atoms with E-state index in [0.717, 1.165) is 0 Å². The fourth-order valence-electron chi connectivity index (χ4n) is 0.441. The lowest BCUT2D eigenvalue weighted by Crippen LogP contribution is -1.94. The summed E-state index contributed by atoms with van der Waals surface area (Å²) in [6.45, 7) is 0. The molecule has 56 valence electrons. The molecule has 1 aromatic heterocycles. The molecule has 0 atom stereocenters. The van der Waals surface area contributed by atoms with Crippen molar-refractivity contribution < 1.29 is 13.9 Å². The van der Waals surface area contributed by atoms with Gasteiger partial charge in [0.05, 0.1) is 13.3 Å². The molecule has 0 unspecified atom stereocenters. The third-order valence-corrected chi connectivity index (χ3v) is 0.905. The van der Waals surface area contributed by atoms with Crippen molar-refractivity contribution in [3.63, 3.8) is 0 Å². The van der Waals surface area contributed by atoms with Gasteiger partial charge in [0.25, 0.3) is 0 Å². The minimum atomic E-state index is -0.596. The summed E-state index contributed by atoms with van der Waals surface area (Å²) in [6, 6.07) is 0. The van der Waals surface area contributed by atoms with Crippen molar-refractivity contribution >= 4 is 5.97 Å². The number of nitrogens with zero attached hydrogens (tertiary/aromatic N) is 1. The summed E-state index contributed by atoms with van der Waals surface area (Å²) in [6.07, 6.45) is 2.65. The Morgan fingerprint density at radius 3 is 3.18 bits per heavy atom. The van der Waals surface area contributed by atoms with Gasteiger partial charge >= 0.3 is 5.97 Å². The molecule has 0 aliphatic rings. The average molecular weight is 151 g/mol. The van der Waals surface area contributed by atoms with Gasteiger partial charge in [-0.1, -0.05) is 0 Å². The fourth-order valence-corrected chi connectivity index (χ4v) is 0.441. The molecule has 0 fully saturated rings. The topological polar surface area (TPSA) is 52.3 Å². The molecule has 0 spiro atoms. The zero-order valence-corrected chi connectivity index (χ0v) is 5.83. The van der Waals surface area contributed by atoms with Crippen LogP contribution in [-0.2, 0) is 9.53 Å². The summed E-state index contributed by atoms with van der Waals surface area (Å²) in [5.41, 5.74) is 0. The summed E-state index contributed by atoms with van der Waals surface area (Å²) in [5.74, 6) is 4.36. The predicted molar refractivity (Wildman–Crippen MR) is 35.4 cm³/mol. The Hall–Kier alpha value is -1.76. The Morgan fingerprint density at radius 1 is 1.82 bits per heavy atom. The third-order valence-electron chi connectivity index (χ3n) is 0.905. The quantitative estimate of drug-likeness (QED) is 0.392. The molecular formula is C7H5NO3. The Morgan fingerprint density at radius 2 is 2.64 bits per heavy atom. The van der Waals surface area contributed by atoms with Gasteiger partial charge < -0.3 is 9.15 Å². The Bertz CT molecular complexity index is 291. The summed E-state index contributed by atoms with van der Waals surface area (Å²) in [5, 5.41) is 0. The molecule has 4 heteroatoms. The lowest BCUT2D eigenvalue weighted by atomic mass is 10.5. The second kappa shape index (κ2) is 3.42. The molecule has 0 N–H and O–H groups in total. The van der Waals surface area contributed by atoms with Gasteiger partial charge in [0.15, 0.2) is 12.2 Å². The smallest absolute Gasteiger partial charge is 0.384 e. The van der Waals surface area contributed by atoms with Gasteiger partial charge in [-0.25, -0.2) is 9.78 Å². The second-order valence-electron chi connectivity index (χ2n) is 1.61. The number of ether oxygens (including phenoxy) is 1. The maximum Gasteiger partial charge on any atom is 0.384 e. The van der Waals surface area contributed by atoms with E-state index in [2.05, 4.69) is 21.6 Å². The second-order valence-corrected chi connectivity index (χ2v) is 1.61. The number of hydrogen-bond acceptors (Lipinski definition) is 4. The van der Waals surface area contributed by atoms with Crippen molar-refractivity contribution in [3.8, 4) is 11.8 Å². The molecule has 0 bridgehead atoms. The number of carbonyl (C=O) groups excluding carboxylic acids is 1. The molecule has 1 aromatic rings. The van der Waals surface area contributed by atoms with Gasteiger partial charge in [-0.05, 0) is 5.92 Å². The van der Waals surface area contributed by atoms with E-state index in [1.807, 2.05) is 0 Å². The van der Waals surface area contributed by atoms with Crippen molar-refractivity contribution in [3.05, 3.63) is 18.4 Å². The summed E-state index contributed by atoms with van der Waals surface area (Å²) in [7, 11) is 1.26. The molecule has 0 saturated heterocycles. The van der Waals surface area contributed by atoms with Gasteiger partial charge in [0, 0.05) is 5.92 Å². The standard InChI is InChI=1S/C7H5NO3/c1-10-7(9)3-2-6-4-8-5-11-6/h4-5H,1H3. The number of methoxy groups -OCH3 is 1. The van der Waals surface area contributed by atoms with E-state index in [0.29, 0.717) is 5.76 Å². The first-order valence-electron chi connectivity index (χ1n) is 2.81. The summed E-state index contributed by atoms with van der Waals surface area (Å²) in [4.78, 5) is 14.1. The number of hydrogen-bond donors (Lipinski definition) is 0. The SMILES string of the molecule is COC(=O)C#Cc1cnco1. The van der Waals surface area contributed by atoms with E-state index < -0.39 is 5.97 Å². The highest BCUT2D eigenvalue weighted by atomic mass is 16.5. The van der Waals surface area contributed by atoms with Crippen LogP contribution in [0.4, 0.5) is 0 Å². The zero-order chi connectivity index (χ0) is 8.10. The van der Waals surface area contributed by atoms with Crippen LogP contribution >= 0.6 is 0 Å². The first kappa shape index (κ1) is 7.35. The summed E-state index contributed by atoms with van der Waals surface area (Å²) >= 11 is 0. The maximum absolute atomic E-state index is 10.4. The van der Waals surface area contributed by atoms with E-state index in [9.17, 15) is 4.79 Å². The normalized spacial score (nSPS) is 8.09. The Balaban J connectivity index is 2.66. The van der Waals surface area contributed by atoms with Gasteiger partial charge in [0.2, 0.25) is 0 Å². The van der Waals surface area contributed by atoms with Crippen LogP contribution in [-0.4, -0.2) is 18.1 Å². The number of rotatable bonds is 0. The molecule has 4 nitrogen and oxygen atoms in total. The molecule has 1 heterocycles. The Kier molecular flexibility index (Phi) is 2.28. The van der Waals surface area contributed by atoms with Crippen LogP contribution < -0.4 is 0 Å². The van der Waals surface area contributed by atoms with Crippen molar-refractivity contribution in [2.75, 3.05) is 7.11 Å². The molecule has 0 aliphatic carbocycles. The minimum absolute atomic E-state index is 0.343. The van der Waals surface area contributed by atoms with E-state index in [1.165, 1.54) is 19.7 Å². The third kappa shape index (κ3) is 2.14. The minimum Gasteiger partial charge on any atom is -0.459 e. The highest BCUT2D eigenvalue weighted by Crippen LogP contribution is 1.91. The largest absolute Gasteiger partial charge is 0.459 e. The van der Waals surface area contributed by atoms with Crippen LogP contribution in [0.5, 0.6) is 0 Å². The first-order valence-corrected chi connectivity index (χ1v) is 2.81. The van der Waals surface area contributed by atoms with Crippen molar-refractivity contribution in [1.82, 2.24) is 4.98 Å². The monoisotopic (exact) mass is 151 g/mol. The number of aromatic nitrogens is 1. The molecule has 0 aromatic carbocycles. The number of oxazole rings is 1. The van der Waals surface area contributed by atoms with Crippen molar-refractivity contribution in [2.24, 2.45) is 0 Å². The highest BCUT2D eigenvalue weighted by Gasteiger charge is 1.91. The van der Waals surface area contributed by atoms with Crippen LogP contribution in [0.15, 0.2) is 17.0 Å². The van der Waals surface area contributed by atoms with Crippen molar-refractivity contribution in [1.29, 1.82) is 0 Å². The van der Waals surface area contributed by atoms with Crippen LogP contribution in [0.25, 0.3) is 0 Å². The molecule has 0 amide bonds. The molecule has 1 rings (SSSR count). The average Bonchev–Trinajstić information content (AvgIpc) is 2.52. The van der Waals surface area contributed by atoms with E-state index in [1.54, 1.807) is 0 Å². The van der Waals surface area contributed by atoms with Crippen LogP contribution in [0.3, 0.4) is 0 Å². The van der Waals surface area contributed by atoms with Crippen LogP contribution in [0, 0.1) is 11.8 Å². The van der Waals surface area contributed by atoms with Gasteiger partial charge in [-0.2, -0.15) is 0 Å². The Labute approximate surface area is 63.2 Å². The maximum atomic E-state index is 10.4. The number of esters is 1. The molecule has 0 aliphatic heterocycles. The van der Waals surface area contributed by atoms with E-state index in [-0.39, 0.29) is 0 Å². The van der Waals surface area contributed by atoms with Crippen LogP contribution in [0.1, 0.15) is 5.76 Å². The lowest BCUT2D eigenvalue weighted by molar-refractivity contribution is -0.133. The number of carbonyl (C=O) groups is 1. The zero-order valence-electron chi connectivity index (χ0n) is 5.83. The molecule has 11 heavy (non-hydrogen) atoms. The molecule has 0 radical (unpaired) electrons. The van der Waals surface area contributed by atoms with E-state index >= 15 is 0 Å². The van der Waals surface area contributed by atoms with E-state index in [4.69, 9.17) is 4.42 Å². The first-order chi connectivity index (χ1) is 5.33.